The van der Waals surface area contributed by atoms with E-state index in [0.29, 0.717) is 45.4 Å². The Morgan fingerprint density at radius 3 is 2.50 bits per heavy atom. The third-order valence-electron chi connectivity index (χ3n) is 6.96. The molecule has 32 heavy (non-hydrogen) atoms. The number of carbonyl (C=O) groups is 2. The molecule has 2 amide bonds. The monoisotopic (exact) mass is 441 g/mol. The first kappa shape index (κ1) is 22.7. The van der Waals surface area contributed by atoms with Crippen LogP contribution in [0.1, 0.15) is 43.1 Å². The van der Waals surface area contributed by atoms with E-state index in [0.717, 1.165) is 41.9 Å². The average Bonchev–Trinajstić information content (AvgIpc) is 3.07. The van der Waals surface area contributed by atoms with Crippen molar-refractivity contribution in [2.24, 2.45) is 0 Å². The molecule has 174 valence electrons. The van der Waals surface area contributed by atoms with Gasteiger partial charge in [-0.25, -0.2) is 4.98 Å². The van der Waals surface area contributed by atoms with E-state index in [4.69, 9.17) is 4.98 Å². The summed E-state index contributed by atoms with van der Waals surface area (Å²) in [6.45, 7) is 9.95. The van der Waals surface area contributed by atoms with Gasteiger partial charge >= 0.3 is 0 Å². The number of hydrogen-bond acceptors (Lipinski definition) is 5. The van der Waals surface area contributed by atoms with Gasteiger partial charge in [-0.05, 0) is 43.9 Å². The predicted molar refractivity (Wildman–Crippen MR) is 123 cm³/mol. The van der Waals surface area contributed by atoms with Crippen molar-refractivity contribution in [3.8, 4) is 0 Å². The quantitative estimate of drug-likeness (QED) is 0.752. The molecule has 2 aliphatic rings. The second-order valence-electron chi connectivity index (χ2n) is 9.30. The zero-order valence-electron chi connectivity index (χ0n) is 19.4. The van der Waals surface area contributed by atoms with Crippen LogP contribution in [0.15, 0.2) is 12.1 Å². The molecule has 0 bridgehead atoms. The number of benzene rings is 1. The van der Waals surface area contributed by atoms with Crippen molar-refractivity contribution in [2.45, 2.75) is 58.6 Å². The zero-order chi connectivity index (χ0) is 22.8. The maximum Gasteiger partial charge on any atom is 0.223 e. The molecular weight excluding hydrogens is 406 g/mol. The van der Waals surface area contributed by atoms with E-state index >= 15 is 0 Å². The number of rotatable bonds is 4. The van der Waals surface area contributed by atoms with Crippen LogP contribution in [0.2, 0.25) is 0 Å². The number of hydrogen-bond donors (Lipinski definition) is 2. The fourth-order valence-corrected chi connectivity index (χ4v) is 5.14. The molecule has 2 aliphatic heterocycles. The summed E-state index contributed by atoms with van der Waals surface area (Å²) in [5.41, 5.74) is 4.34. The summed E-state index contributed by atoms with van der Waals surface area (Å²) in [5.74, 6) is 1.07. The van der Waals surface area contributed by atoms with Crippen molar-refractivity contribution in [1.82, 2.24) is 24.7 Å². The van der Waals surface area contributed by atoms with Gasteiger partial charge in [0.25, 0.3) is 0 Å². The van der Waals surface area contributed by atoms with Crippen LogP contribution in [0.25, 0.3) is 11.0 Å². The summed E-state index contributed by atoms with van der Waals surface area (Å²) in [6, 6.07) is 4.26. The number of H-pyrrole nitrogens is 1. The normalized spacial score (nSPS) is 22.9. The van der Waals surface area contributed by atoms with Gasteiger partial charge < -0.3 is 19.9 Å². The van der Waals surface area contributed by atoms with Crippen molar-refractivity contribution in [3.05, 3.63) is 29.1 Å². The molecule has 0 unspecified atom stereocenters. The Kier molecular flexibility index (Phi) is 6.81. The van der Waals surface area contributed by atoms with Crippen LogP contribution in [-0.4, -0.2) is 93.0 Å². The Bertz CT molecular complexity index is 979. The highest BCUT2D eigenvalue weighted by Gasteiger charge is 2.33. The smallest absolute Gasteiger partial charge is 0.223 e. The third kappa shape index (κ3) is 4.96. The van der Waals surface area contributed by atoms with Crippen molar-refractivity contribution in [3.63, 3.8) is 0 Å². The number of fused-ring (bicyclic) bond motifs is 1. The van der Waals surface area contributed by atoms with E-state index in [1.54, 1.807) is 6.92 Å². The highest BCUT2D eigenvalue weighted by Crippen LogP contribution is 2.21. The van der Waals surface area contributed by atoms with E-state index < -0.39 is 6.10 Å². The van der Waals surface area contributed by atoms with Gasteiger partial charge in [0.15, 0.2) is 0 Å². The number of aliphatic hydroxyl groups is 1. The van der Waals surface area contributed by atoms with Crippen LogP contribution >= 0.6 is 0 Å². The van der Waals surface area contributed by atoms with Gasteiger partial charge in [-0.15, -0.1) is 0 Å². The number of amides is 2. The lowest BCUT2D eigenvalue weighted by Crippen LogP contribution is -2.54. The molecule has 2 fully saturated rings. The zero-order valence-corrected chi connectivity index (χ0v) is 19.4. The Labute approximate surface area is 189 Å². The second kappa shape index (κ2) is 9.58. The summed E-state index contributed by atoms with van der Waals surface area (Å²) < 4.78 is 0. The van der Waals surface area contributed by atoms with Gasteiger partial charge in [-0.2, -0.15) is 0 Å². The molecular formula is C24H35N5O3. The van der Waals surface area contributed by atoms with Gasteiger partial charge in [0.1, 0.15) is 5.82 Å². The summed E-state index contributed by atoms with van der Waals surface area (Å²) >= 11 is 0. The van der Waals surface area contributed by atoms with Gasteiger partial charge in [0, 0.05) is 65.1 Å². The van der Waals surface area contributed by atoms with E-state index in [1.807, 2.05) is 9.80 Å². The summed E-state index contributed by atoms with van der Waals surface area (Å²) in [5, 5.41) is 10.7. The largest absolute Gasteiger partial charge is 0.391 e. The number of aliphatic hydroxyl groups excluding tert-OH is 1. The first-order chi connectivity index (χ1) is 15.3. The number of aryl methyl sites for hydroxylation is 3. The summed E-state index contributed by atoms with van der Waals surface area (Å²) in [7, 11) is 0. The predicted octanol–water partition coefficient (Wildman–Crippen LogP) is 1.63. The highest BCUT2D eigenvalue weighted by molar-refractivity contribution is 5.80. The van der Waals surface area contributed by atoms with Crippen LogP contribution in [0, 0.1) is 13.8 Å². The molecule has 0 saturated carbocycles. The van der Waals surface area contributed by atoms with Gasteiger partial charge in [-0.1, -0.05) is 6.07 Å². The first-order valence-electron chi connectivity index (χ1n) is 11.7. The lowest BCUT2D eigenvalue weighted by atomic mass is 10.0. The van der Waals surface area contributed by atoms with Crippen molar-refractivity contribution >= 4 is 22.8 Å². The molecule has 2 N–H and O–H groups in total. The third-order valence-corrected chi connectivity index (χ3v) is 6.96. The SMILES string of the molecule is CC(=O)N1CCN([C@H]2CCN(C(=O)CCc3nc4c(C)cc(C)cc4[nH]3)CC[C@@H]2O)CC1. The number of nitrogens with zero attached hydrogens (tertiary/aromatic N) is 4. The number of piperazine rings is 1. The lowest BCUT2D eigenvalue weighted by Gasteiger charge is -2.40. The first-order valence-corrected chi connectivity index (χ1v) is 11.7. The van der Waals surface area contributed by atoms with Crippen molar-refractivity contribution in [2.75, 3.05) is 39.3 Å². The Morgan fingerprint density at radius 2 is 1.78 bits per heavy atom. The molecule has 4 rings (SSSR count). The van der Waals surface area contributed by atoms with Crippen LogP contribution < -0.4 is 0 Å². The van der Waals surface area contributed by atoms with Gasteiger partial charge in [0.2, 0.25) is 11.8 Å². The molecule has 8 heteroatoms. The lowest BCUT2D eigenvalue weighted by molar-refractivity contribution is -0.132. The Morgan fingerprint density at radius 1 is 1.06 bits per heavy atom. The molecule has 3 heterocycles. The fourth-order valence-electron chi connectivity index (χ4n) is 5.14. The summed E-state index contributed by atoms with van der Waals surface area (Å²) in [6.07, 6.45) is 1.90. The molecule has 2 aromatic rings. The van der Waals surface area contributed by atoms with Crippen LogP contribution in [0.4, 0.5) is 0 Å². The van der Waals surface area contributed by atoms with Gasteiger partial charge in [-0.3, -0.25) is 14.5 Å². The minimum atomic E-state index is -0.446. The molecule has 1 aromatic carbocycles. The number of imidazole rings is 1. The van der Waals surface area contributed by atoms with E-state index in [2.05, 4.69) is 35.9 Å². The molecule has 0 aliphatic carbocycles. The van der Waals surface area contributed by atoms with Crippen LogP contribution in [0.5, 0.6) is 0 Å². The minimum Gasteiger partial charge on any atom is -0.391 e. The van der Waals surface area contributed by atoms with Crippen LogP contribution in [-0.2, 0) is 16.0 Å². The van der Waals surface area contributed by atoms with E-state index in [-0.39, 0.29) is 17.9 Å². The average molecular weight is 442 g/mol. The number of aromatic nitrogens is 2. The summed E-state index contributed by atoms with van der Waals surface area (Å²) in [4.78, 5) is 38.6. The van der Waals surface area contributed by atoms with Crippen molar-refractivity contribution in [1.29, 1.82) is 0 Å². The number of nitrogens with one attached hydrogen (secondary N) is 1. The second-order valence-corrected chi connectivity index (χ2v) is 9.30. The van der Waals surface area contributed by atoms with E-state index in [9.17, 15) is 14.7 Å². The highest BCUT2D eigenvalue weighted by atomic mass is 16.3. The topological polar surface area (TPSA) is 92.8 Å². The molecule has 0 radical (unpaired) electrons. The maximum absolute atomic E-state index is 12.9. The Balaban J connectivity index is 1.31. The fraction of sp³-hybridized carbons (Fsp3) is 0.625. The van der Waals surface area contributed by atoms with Crippen LogP contribution in [0.3, 0.4) is 0 Å². The number of likely N-dealkylation sites (tertiary alicyclic amines) is 1. The number of carbonyl (C=O) groups excluding carboxylic acids is 2. The number of aromatic amines is 1. The molecule has 2 atom stereocenters. The molecule has 0 spiro atoms. The molecule has 2 saturated heterocycles. The molecule has 8 nitrogen and oxygen atoms in total. The minimum absolute atomic E-state index is 0.0449. The Hall–Kier alpha value is -2.45. The maximum atomic E-state index is 12.9. The molecule has 1 aromatic heterocycles. The van der Waals surface area contributed by atoms with Gasteiger partial charge in [0.05, 0.1) is 17.1 Å². The van der Waals surface area contributed by atoms with E-state index in [1.165, 1.54) is 5.56 Å². The van der Waals surface area contributed by atoms with Crippen molar-refractivity contribution < 1.29 is 14.7 Å². The standard InChI is InChI=1S/C24H35N5O3/c1-16-14-17(2)24-19(15-16)25-22(26-24)4-5-23(32)29-8-6-20(21(31)7-9-29)28-12-10-27(11-13-28)18(3)30/h14-15,20-21,31H,4-13H2,1-3H3,(H,25,26)/t20-,21-/m0/s1.